The van der Waals surface area contributed by atoms with E-state index in [4.69, 9.17) is 0 Å². The molecular weight excluding hydrogens is 414 g/mol. The number of carbonyl (C=O) groups excluding carboxylic acids is 2. The molecule has 2 fully saturated rings. The highest BCUT2D eigenvalue weighted by Crippen LogP contribution is 2.33. The van der Waals surface area contributed by atoms with Crippen molar-refractivity contribution in [2.24, 2.45) is 5.92 Å². The molecular formula is C24H28F2N4O2. The third-order valence-corrected chi connectivity index (χ3v) is 6.51. The van der Waals surface area contributed by atoms with Crippen molar-refractivity contribution in [1.29, 1.82) is 0 Å². The van der Waals surface area contributed by atoms with Crippen LogP contribution in [0.15, 0.2) is 24.4 Å². The van der Waals surface area contributed by atoms with Crippen LogP contribution in [0.3, 0.4) is 0 Å². The number of carbonyl (C=O) groups is 2. The number of aryl methyl sites for hydroxylation is 2. The van der Waals surface area contributed by atoms with Crippen LogP contribution in [0.5, 0.6) is 0 Å². The molecule has 4 rings (SSSR count). The second-order valence-corrected chi connectivity index (χ2v) is 8.68. The van der Waals surface area contributed by atoms with Crippen LogP contribution >= 0.6 is 0 Å². The van der Waals surface area contributed by atoms with E-state index in [1.165, 1.54) is 4.90 Å². The van der Waals surface area contributed by atoms with Gasteiger partial charge in [0.15, 0.2) is 0 Å². The van der Waals surface area contributed by atoms with E-state index in [2.05, 4.69) is 21.3 Å². The Morgan fingerprint density at radius 1 is 1.12 bits per heavy atom. The van der Waals surface area contributed by atoms with Crippen LogP contribution in [0.4, 0.5) is 14.6 Å². The minimum atomic E-state index is -0.918. The molecule has 170 valence electrons. The van der Waals surface area contributed by atoms with Gasteiger partial charge in [-0.1, -0.05) is 19.4 Å². The van der Waals surface area contributed by atoms with Crippen molar-refractivity contribution in [1.82, 2.24) is 15.2 Å². The predicted molar refractivity (Wildman–Crippen MR) is 118 cm³/mol. The maximum absolute atomic E-state index is 14.9. The van der Waals surface area contributed by atoms with Gasteiger partial charge in [0.25, 0.3) is 5.91 Å². The lowest BCUT2D eigenvalue weighted by Gasteiger charge is -2.36. The molecule has 0 bridgehead atoms. The fourth-order valence-corrected chi connectivity index (χ4v) is 4.77. The summed E-state index contributed by atoms with van der Waals surface area (Å²) in [4.78, 5) is 33.2. The van der Waals surface area contributed by atoms with Gasteiger partial charge in [-0.15, -0.1) is 0 Å². The van der Waals surface area contributed by atoms with Crippen molar-refractivity contribution in [3.8, 4) is 0 Å². The van der Waals surface area contributed by atoms with Crippen molar-refractivity contribution in [3.63, 3.8) is 0 Å². The molecule has 0 saturated carbocycles. The van der Waals surface area contributed by atoms with Gasteiger partial charge in [-0.05, 0) is 48.6 Å². The molecule has 2 aliphatic heterocycles. The van der Waals surface area contributed by atoms with Gasteiger partial charge in [0, 0.05) is 38.9 Å². The number of pyridine rings is 1. The third-order valence-electron chi connectivity index (χ3n) is 6.51. The Balaban J connectivity index is 1.50. The summed E-state index contributed by atoms with van der Waals surface area (Å²) in [5.74, 6) is -2.48. The average molecular weight is 443 g/mol. The van der Waals surface area contributed by atoms with E-state index in [1.54, 1.807) is 6.20 Å². The quantitative estimate of drug-likeness (QED) is 0.790. The van der Waals surface area contributed by atoms with Gasteiger partial charge in [0.05, 0.1) is 5.92 Å². The van der Waals surface area contributed by atoms with E-state index in [1.807, 2.05) is 20.8 Å². The van der Waals surface area contributed by atoms with Crippen LogP contribution in [0.1, 0.15) is 46.3 Å². The fourth-order valence-electron chi connectivity index (χ4n) is 4.77. The van der Waals surface area contributed by atoms with Crippen LogP contribution in [-0.2, 0) is 4.79 Å². The molecule has 2 amide bonds. The zero-order chi connectivity index (χ0) is 23.0. The number of halogens is 2. The van der Waals surface area contributed by atoms with Gasteiger partial charge in [0.2, 0.25) is 5.91 Å². The summed E-state index contributed by atoms with van der Waals surface area (Å²) in [6.07, 6.45) is 2.52. The van der Waals surface area contributed by atoms with E-state index in [-0.39, 0.29) is 17.4 Å². The highest BCUT2D eigenvalue weighted by Gasteiger charge is 2.36. The van der Waals surface area contributed by atoms with Crippen LogP contribution in [0.2, 0.25) is 0 Å². The van der Waals surface area contributed by atoms with E-state index in [9.17, 15) is 18.4 Å². The topological polar surface area (TPSA) is 65.5 Å². The number of aromatic nitrogens is 1. The van der Waals surface area contributed by atoms with Crippen molar-refractivity contribution in [2.45, 2.75) is 33.1 Å². The van der Waals surface area contributed by atoms with Crippen LogP contribution < -0.4 is 10.2 Å². The number of amides is 2. The van der Waals surface area contributed by atoms with Gasteiger partial charge < -0.3 is 15.1 Å². The first-order valence-electron chi connectivity index (χ1n) is 11.0. The standard InChI is InChI=1S/C24H28F2N4O2/c1-4-16-13-28-23(31)20(16)17-10-18(25)21(19(26)11-17)24(32)30-7-5-29(6-8-30)22-15(3)9-14(2)12-27-22/h9-12,16,20H,4-8,13H2,1-3H3,(H,28,31)/t16?,20-/m1/s1. The van der Waals surface area contributed by atoms with Gasteiger partial charge >= 0.3 is 0 Å². The Morgan fingerprint density at radius 3 is 2.38 bits per heavy atom. The Kier molecular flexibility index (Phi) is 6.13. The molecule has 2 aromatic rings. The Bertz CT molecular complexity index is 1030. The van der Waals surface area contributed by atoms with Gasteiger partial charge in [-0.2, -0.15) is 0 Å². The molecule has 1 aromatic carbocycles. The minimum absolute atomic E-state index is 0.0187. The Morgan fingerprint density at radius 2 is 1.78 bits per heavy atom. The lowest BCUT2D eigenvalue weighted by molar-refractivity contribution is -0.120. The van der Waals surface area contributed by atoms with E-state index >= 15 is 0 Å². The summed E-state index contributed by atoms with van der Waals surface area (Å²) < 4.78 is 29.8. The first-order chi connectivity index (χ1) is 15.3. The SMILES string of the molecule is CCC1CNC(=O)[C@H]1c1cc(F)c(C(=O)N2CCN(c3ncc(C)cc3C)CC2)c(F)c1. The average Bonchev–Trinajstić information content (AvgIpc) is 3.14. The molecule has 0 aliphatic carbocycles. The van der Waals surface area contributed by atoms with Gasteiger partial charge in [-0.25, -0.2) is 13.8 Å². The summed E-state index contributed by atoms with van der Waals surface area (Å²) in [6.45, 7) is 8.16. The molecule has 0 spiro atoms. The zero-order valence-corrected chi connectivity index (χ0v) is 18.6. The molecule has 1 unspecified atom stereocenters. The summed E-state index contributed by atoms with van der Waals surface area (Å²) in [5.41, 5.74) is 1.86. The minimum Gasteiger partial charge on any atom is -0.355 e. The van der Waals surface area contributed by atoms with E-state index in [0.29, 0.717) is 39.1 Å². The van der Waals surface area contributed by atoms with Gasteiger partial charge in [0.1, 0.15) is 23.0 Å². The zero-order valence-electron chi connectivity index (χ0n) is 18.6. The molecule has 8 heteroatoms. The molecule has 1 aromatic heterocycles. The maximum atomic E-state index is 14.9. The largest absolute Gasteiger partial charge is 0.355 e. The third kappa shape index (κ3) is 4.06. The number of anilines is 1. The molecule has 0 radical (unpaired) electrons. The summed E-state index contributed by atoms with van der Waals surface area (Å²) in [7, 11) is 0. The first-order valence-corrected chi connectivity index (χ1v) is 11.0. The highest BCUT2D eigenvalue weighted by molar-refractivity contribution is 5.95. The lowest BCUT2D eigenvalue weighted by Crippen LogP contribution is -2.49. The normalized spacial score (nSPS) is 21.1. The summed E-state index contributed by atoms with van der Waals surface area (Å²) >= 11 is 0. The number of nitrogens with one attached hydrogen (secondary N) is 1. The molecule has 32 heavy (non-hydrogen) atoms. The Hall–Kier alpha value is -3.03. The summed E-state index contributed by atoms with van der Waals surface area (Å²) in [6, 6.07) is 4.34. The molecule has 2 aliphatic rings. The Labute approximate surface area is 186 Å². The second-order valence-electron chi connectivity index (χ2n) is 8.68. The van der Waals surface area contributed by atoms with E-state index in [0.717, 1.165) is 29.1 Å². The van der Waals surface area contributed by atoms with Crippen LogP contribution in [0, 0.1) is 31.4 Å². The molecule has 2 saturated heterocycles. The number of rotatable bonds is 4. The fraction of sp³-hybridized carbons (Fsp3) is 0.458. The molecule has 3 heterocycles. The molecule has 6 nitrogen and oxygen atoms in total. The predicted octanol–water partition coefficient (Wildman–Crippen LogP) is 3.18. The maximum Gasteiger partial charge on any atom is 0.259 e. The van der Waals surface area contributed by atoms with Crippen molar-refractivity contribution in [3.05, 3.63) is 58.3 Å². The monoisotopic (exact) mass is 442 g/mol. The van der Waals surface area contributed by atoms with Crippen molar-refractivity contribution < 1.29 is 18.4 Å². The summed E-state index contributed by atoms with van der Waals surface area (Å²) in [5, 5.41) is 2.75. The van der Waals surface area contributed by atoms with Crippen molar-refractivity contribution >= 4 is 17.6 Å². The smallest absolute Gasteiger partial charge is 0.259 e. The molecule has 1 N–H and O–H groups in total. The lowest BCUT2D eigenvalue weighted by atomic mass is 9.86. The van der Waals surface area contributed by atoms with Crippen molar-refractivity contribution in [2.75, 3.05) is 37.6 Å². The second kappa shape index (κ2) is 8.84. The highest BCUT2D eigenvalue weighted by atomic mass is 19.1. The van der Waals surface area contributed by atoms with Crippen LogP contribution in [-0.4, -0.2) is 54.4 Å². The number of hydrogen-bond donors (Lipinski definition) is 1. The first kappa shape index (κ1) is 22.2. The number of hydrogen-bond acceptors (Lipinski definition) is 4. The van der Waals surface area contributed by atoms with Gasteiger partial charge in [-0.3, -0.25) is 9.59 Å². The number of nitrogens with zero attached hydrogens (tertiary/aromatic N) is 3. The number of piperazine rings is 1. The number of benzene rings is 1. The molecule has 2 atom stereocenters. The van der Waals surface area contributed by atoms with E-state index < -0.39 is 29.0 Å². The van der Waals surface area contributed by atoms with Crippen LogP contribution in [0.25, 0.3) is 0 Å².